The van der Waals surface area contributed by atoms with Crippen molar-refractivity contribution in [2.75, 3.05) is 33.7 Å². The van der Waals surface area contributed by atoms with E-state index in [4.69, 9.17) is 4.74 Å². The van der Waals surface area contributed by atoms with Crippen LogP contribution in [-0.2, 0) is 21.8 Å². The number of sulfonamides is 1. The van der Waals surface area contributed by atoms with Crippen molar-refractivity contribution in [2.24, 2.45) is 18.9 Å². The van der Waals surface area contributed by atoms with E-state index < -0.39 is 10.0 Å². The van der Waals surface area contributed by atoms with Crippen LogP contribution in [0.2, 0.25) is 0 Å². The highest BCUT2D eigenvalue weighted by Gasteiger charge is 2.64. The van der Waals surface area contributed by atoms with Crippen molar-refractivity contribution in [3.63, 3.8) is 0 Å². The molecule has 4 heterocycles. The van der Waals surface area contributed by atoms with E-state index in [1.54, 1.807) is 22.1 Å². The van der Waals surface area contributed by atoms with Crippen molar-refractivity contribution in [2.45, 2.75) is 29.6 Å². The second-order valence-electron chi connectivity index (χ2n) is 7.47. The van der Waals surface area contributed by atoms with Crippen LogP contribution in [0.1, 0.15) is 12.8 Å². The molecule has 128 valence electrons. The van der Waals surface area contributed by atoms with Gasteiger partial charge in [-0.3, -0.25) is 0 Å². The molecule has 1 spiro atoms. The van der Waals surface area contributed by atoms with Gasteiger partial charge in [0, 0.05) is 44.7 Å². The van der Waals surface area contributed by atoms with Gasteiger partial charge in [0.2, 0.25) is 0 Å². The molecule has 3 saturated heterocycles. The summed E-state index contributed by atoms with van der Waals surface area (Å²) in [5, 5.41) is 0.134. The molecule has 2 bridgehead atoms. The topological polar surface area (TPSA) is 67.7 Å². The van der Waals surface area contributed by atoms with Crippen molar-refractivity contribution >= 4 is 10.0 Å². The SMILES string of the molecule is CN(C)C[C@H]1[C@@H]2CC[C@@]3(CN(S(=O)(=O)c4cn(C)cn4)C[C@@H]13)O2. The Labute approximate surface area is 137 Å². The van der Waals surface area contributed by atoms with Gasteiger partial charge in [-0.25, -0.2) is 13.4 Å². The van der Waals surface area contributed by atoms with E-state index in [1.165, 1.54) is 6.33 Å². The summed E-state index contributed by atoms with van der Waals surface area (Å²) >= 11 is 0. The zero-order chi connectivity index (χ0) is 16.4. The Balaban J connectivity index is 1.61. The smallest absolute Gasteiger partial charge is 0.262 e. The molecule has 0 saturated carbocycles. The van der Waals surface area contributed by atoms with E-state index in [9.17, 15) is 8.42 Å². The molecule has 4 rings (SSSR count). The largest absolute Gasteiger partial charge is 0.370 e. The molecular formula is C15H24N4O3S. The highest BCUT2D eigenvalue weighted by atomic mass is 32.2. The lowest BCUT2D eigenvalue weighted by molar-refractivity contribution is 0.00738. The van der Waals surface area contributed by atoms with Gasteiger partial charge in [0.1, 0.15) is 0 Å². The number of imidazole rings is 1. The van der Waals surface area contributed by atoms with Crippen LogP contribution >= 0.6 is 0 Å². The third-order valence-corrected chi connectivity index (χ3v) is 7.31. The maximum atomic E-state index is 12.9. The average molecular weight is 340 g/mol. The summed E-state index contributed by atoms with van der Waals surface area (Å²) in [5.74, 6) is 0.713. The van der Waals surface area contributed by atoms with Crippen molar-refractivity contribution in [3.05, 3.63) is 12.5 Å². The molecule has 3 aliphatic heterocycles. The van der Waals surface area contributed by atoms with Gasteiger partial charge in [0.05, 0.1) is 18.0 Å². The first-order chi connectivity index (χ1) is 10.8. The Morgan fingerprint density at radius 3 is 2.91 bits per heavy atom. The standard InChI is InChI=1S/C15H24N4O3S/c1-17(2)6-11-12-7-19(9-15(12)5-4-13(11)22-15)23(20,21)14-8-18(3)10-16-14/h8,10-13H,4-7,9H2,1-3H3/t11-,12+,13+,15+/m1/s1. The van der Waals surface area contributed by atoms with Gasteiger partial charge >= 0.3 is 0 Å². The molecule has 23 heavy (non-hydrogen) atoms. The Morgan fingerprint density at radius 1 is 1.48 bits per heavy atom. The summed E-state index contributed by atoms with van der Waals surface area (Å²) in [7, 11) is 2.38. The number of fused-ring (bicyclic) bond motifs is 1. The third-order valence-electron chi connectivity index (χ3n) is 5.61. The van der Waals surface area contributed by atoms with Gasteiger partial charge in [-0.1, -0.05) is 0 Å². The number of ether oxygens (including phenoxy) is 1. The third kappa shape index (κ3) is 2.26. The van der Waals surface area contributed by atoms with Gasteiger partial charge in [-0.05, 0) is 26.9 Å². The highest BCUT2D eigenvalue weighted by molar-refractivity contribution is 7.89. The fourth-order valence-electron chi connectivity index (χ4n) is 4.65. The average Bonchev–Trinajstić information content (AvgIpc) is 3.19. The van der Waals surface area contributed by atoms with Crippen LogP contribution in [0.3, 0.4) is 0 Å². The minimum absolute atomic E-state index is 0.134. The van der Waals surface area contributed by atoms with Crippen molar-refractivity contribution < 1.29 is 13.2 Å². The highest BCUT2D eigenvalue weighted by Crippen LogP contribution is 2.55. The Hall–Kier alpha value is -0.960. The van der Waals surface area contributed by atoms with E-state index in [0.717, 1.165) is 19.4 Å². The molecule has 1 aromatic heterocycles. The van der Waals surface area contributed by atoms with Crippen LogP contribution < -0.4 is 0 Å². The zero-order valence-corrected chi connectivity index (χ0v) is 14.7. The molecule has 7 nitrogen and oxygen atoms in total. The minimum Gasteiger partial charge on any atom is -0.370 e. The quantitative estimate of drug-likeness (QED) is 0.780. The molecule has 3 aliphatic rings. The van der Waals surface area contributed by atoms with Crippen molar-refractivity contribution in [1.29, 1.82) is 0 Å². The molecule has 0 N–H and O–H groups in total. The number of aromatic nitrogens is 2. The normalized spacial score (nSPS) is 37.0. The minimum atomic E-state index is -3.53. The molecule has 1 aromatic rings. The monoisotopic (exact) mass is 340 g/mol. The van der Waals surface area contributed by atoms with Crippen LogP contribution in [0, 0.1) is 11.8 Å². The van der Waals surface area contributed by atoms with Gasteiger partial charge in [0.15, 0.2) is 5.03 Å². The van der Waals surface area contributed by atoms with Crippen LogP contribution in [0.25, 0.3) is 0 Å². The molecule has 0 radical (unpaired) electrons. The molecule has 0 amide bonds. The molecule has 0 aliphatic carbocycles. The summed E-state index contributed by atoms with van der Waals surface area (Å²) < 4.78 is 35.3. The van der Waals surface area contributed by atoms with Crippen molar-refractivity contribution in [1.82, 2.24) is 18.8 Å². The molecule has 0 unspecified atom stereocenters. The van der Waals surface area contributed by atoms with E-state index in [1.807, 2.05) is 0 Å². The number of nitrogens with zero attached hydrogens (tertiary/aromatic N) is 4. The summed E-state index contributed by atoms with van der Waals surface area (Å²) in [6.45, 7) is 1.97. The first-order valence-corrected chi connectivity index (χ1v) is 9.56. The summed E-state index contributed by atoms with van der Waals surface area (Å²) in [6, 6.07) is 0. The summed E-state index contributed by atoms with van der Waals surface area (Å²) in [5.41, 5.74) is -0.271. The predicted octanol–water partition coefficient (Wildman–Crippen LogP) is 0.150. The lowest BCUT2D eigenvalue weighted by Crippen LogP contribution is -2.40. The first kappa shape index (κ1) is 15.6. The lowest BCUT2D eigenvalue weighted by Gasteiger charge is -2.31. The maximum absolute atomic E-state index is 12.9. The summed E-state index contributed by atoms with van der Waals surface area (Å²) in [4.78, 5) is 6.22. The molecule has 0 aromatic carbocycles. The fraction of sp³-hybridized carbons (Fsp3) is 0.800. The molecule has 4 atom stereocenters. The first-order valence-electron chi connectivity index (χ1n) is 8.12. The molecular weight excluding hydrogens is 316 g/mol. The Bertz CT molecular complexity index is 716. The van der Waals surface area contributed by atoms with E-state index in [2.05, 4.69) is 24.0 Å². The van der Waals surface area contributed by atoms with Crippen LogP contribution in [0.4, 0.5) is 0 Å². The number of hydrogen-bond donors (Lipinski definition) is 0. The second-order valence-corrected chi connectivity index (χ2v) is 9.35. The predicted molar refractivity (Wildman–Crippen MR) is 84.3 cm³/mol. The van der Waals surface area contributed by atoms with Gasteiger partial charge in [0.25, 0.3) is 10.0 Å². The van der Waals surface area contributed by atoms with Gasteiger partial charge in [-0.2, -0.15) is 4.31 Å². The summed E-state index contributed by atoms with van der Waals surface area (Å²) in [6.07, 6.45) is 5.41. The van der Waals surface area contributed by atoms with Crippen LogP contribution in [0.5, 0.6) is 0 Å². The van der Waals surface area contributed by atoms with Gasteiger partial charge in [-0.15, -0.1) is 0 Å². The zero-order valence-electron chi connectivity index (χ0n) is 13.8. The maximum Gasteiger partial charge on any atom is 0.262 e. The van der Waals surface area contributed by atoms with Crippen LogP contribution in [-0.4, -0.2) is 72.6 Å². The number of hydrogen-bond acceptors (Lipinski definition) is 5. The Kier molecular flexibility index (Phi) is 3.39. The Morgan fingerprint density at radius 2 is 2.26 bits per heavy atom. The molecule has 3 fully saturated rings. The van der Waals surface area contributed by atoms with Gasteiger partial charge < -0.3 is 14.2 Å². The van der Waals surface area contributed by atoms with E-state index in [-0.39, 0.29) is 10.6 Å². The number of rotatable bonds is 4. The fourth-order valence-corrected chi connectivity index (χ4v) is 6.14. The second kappa shape index (κ2) is 5.02. The van der Waals surface area contributed by atoms with E-state index >= 15 is 0 Å². The molecule has 8 heteroatoms. The lowest BCUT2D eigenvalue weighted by atomic mass is 9.73. The van der Waals surface area contributed by atoms with Crippen molar-refractivity contribution in [3.8, 4) is 0 Å². The van der Waals surface area contributed by atoms with Crippen LogP contribution in [0.15, 0.2) is 17.6 Å². The van der Waals surface area contributed by atoms with E-state index in [0.29, 0.717) is 31.0 Å². The number of aryl methyl sites for hydroxylation is 1.